The largest absolute Gasteiger partial charge is 0.378 e. The number of likely N-dealkylation sites (N-methyl/N-ethyl adjacent to an activating group) is 1. The third-order valence-corrected chi connectivity index (χ3v) is 4.75. The zero-order valence-corrected chi connectivity index (χ0v) is 14.2. The Morgan fingerprint density at radius 1 is 1.45 bits per heavy atom. The van der Waals surface area contributed by atoms with E-state index in [0.717, 1.165) is 51.5 Å². The quantitative estimate of drug-likeness (QED) is 0.851. The Bertz CT molecular complexity index is 433. The van der Waals surface area contributed by atoms with Gasteiger partial charge >= 0.3 is 0 Å². The molecule has 0 aliphatic carbocycles. The summed E-state index contributed by atoms with van der Waals surface area (Å²) in [6.45, 7) is 9.69. The highest BCUT2D eigenvalue weighted by Crippen LogP contribution is 2.24. The second kappa shape index (κ2) is 7.54. The topological polar surface area (TPSA) is 42.3 Å². The van der Waals surface area contributed by atoms with Crippen LogP contribution >= 0.6 is 15.9 Å². The van der Waals surface area contributed by atoms with E-state index in [1.807, 2.05) is 7.05 Å². The number of aromatic nitrogens is 2. The minimum Gasteiger partial charge on any atom is -0.378 e. The highest BCUT2D eigenvalue weighted by molar-refractivity contribution is 9.10. The molecule has 6 heteroatoms. The van der Waals surface area contributed by atoms with Crippen LogP contribution in [0.5, 0.6) is 0 Å². The maximum absolute atomic E-state index is 5.60. The Balaban J connectivity index is 2.17. The summed E-state index contributed by atoms with van der Waals surface area (Å²) >= 11 is 3.73. The van der Waals surface area contributed by atoms with Gasteiger partial charge in [-0.1, -0.05) is 6.92 Å². The Kier molecular flexibility index (Phi) is 6.01. The number of hydrogen-bond donors (Lipinski definition) is 1. The van der Waals surface area contributed by atoms with Gasteiger partial charge in [-0.2, -0.15) is 5.10 Å². The SMILES string of the molecule is CCc1nn(CC)c(CN2CCOCC2CNC)c1Br. The lowest BCUT2D eigenvalue weighted by Crippen LogP contribution is -2.49. The summed E-state index contributed by atoms with van der Waals surface area (Å²) < 4.78 is 8.90. The van der Waals surface area contributed by atoms with Gasteiger partial charge in [0, 0.05) is 32.2 Å². The molecule has 1 N–H and O–H groups in total. The average molecular weight is 345 g/mol. The highest BCUT2D eigenvalue weighted by atomic mass is 79.9. The summed E-state index contributed by atoms with van der Waals surface area (Å²) in [5.74, 6) is 0. The van der Waals surface area contributed by atoms with E-state index < -0.39 is 0 Å². The van der Waals surface area contributed by atoms with Crippen LogP contribution in [0.2, 0.25) is 0 Å². The summed E-state index contributed by atoms with van der Waals surface area (Å²) in [5, 5.41) is 7.94. The summed E-state index contributed by atoms with van der Waals surface area (Å²) in [5.41, 5.74) is 2.44. The van der Waals surface area contributed by atoms with Crippen molar-refractivity contribution in [2.75, 3.05) is 33.4 Å². The molecule has 5 nitrogen and oxygen atoms in total. The van der Waals surface area contributed by atoms with Gasteiger partial charge in [0.2, 0.25) is 0 Å². The molecule has 0 radical (unpaired) electrons. The number of halogens is 1. The number of nitrogens with zero attached hydrogens (tertiary/aromatic N) is 3. The van der Waals surface area contributed by atoms with E-state index in [4.69, 9.17) is 4.74 Å². The van der Waals surface area contributed by atoms with Crippen LogP contribution in [-0.4, -0.2) is 54.1 Å². The molecule has 1 aromatic rings. The van der Waals surface area contributed by atoms with Gasteiger partial charge in [0.1, 0.15) is 0 Å². The van der Waals surface area contributed by atoms with Crippen LogP contribution in [0.15, 0.2) is 4.47 Å². The molecule has 2 heterocycles. The molecule has 0 amide bonds. The van der Waals surface area contributed by atoms with Crippen molar-refractivity contribution in [3.63, 3.8) is 0 Å². The zero-order chi connectivity index (χ0) is 14.5. The van der Waals surface area contributed by atoms with Crippen LogP contribution in [-0.2, 0) is 24.2 Å². The molecular formula is C14H25BrN4O. The van der Waals surface area contributed by atoms with E-state index in [1.165, 1.54) is 10.2 Å². The van der Waals surface area contributed by atoms with Gasteiger partial charge in [0.15, 0.2) is 0 Å². The van der Waals surface area contributed by atoms with Crippen LogP contribution in [0.1, 0.15) is 25.2 Å². The fourth-order valence-corrected chi connectivity index (χ4v) is 3.37. The summed E-state index contributed by atoms with van der Waals surface area (Å²) in [6.07, 6.45) is 0.962. The molecule has 2 rings (SSSR count). The fourth-order valence-electron chi connectivity index (χ4n) is 2.68. The third-order valence-electron chi connectivity index (χ3n) is 3.84. The molecule has 1 aliphatic rings. The van der Waals surface area contributed by atoms with Crippen molar-refractivity contribution in [3.05, 3.63) is 15.9 Å². The molecule has 0 saturated carbocycles. The first-order chi connectivity index (χ1) is 9.71. The molecule has 0 bridgehead atoms. The van der Waals surface area contributed by atoms with Crippen molar-refractivity contribution >= 4 is 15.9 Å². The molecule has 20 heavy (non-hydrogen) atoms. The first kappa shape index (κ1) is 15.9. The molecule has 1 saturated heterocycles. The van der Waals surface area contributed by atoms with Crippen molar-refractivity contribution in [1.29, 1.82) is 0 Å². The van der Waals surface area contributed by atoms with E-state index in [0.29, 0.717) is 6.04 Å². The molecule has 1 atom stereocenters. The van der Waals surface area contributed by atoms with Crippen LogP contribution in [0, 0.1) is 0 Å². The number of aryl methyl sites for hydroxylation is 2. The maximum Gasteiger partial charge on any atom is 0.0767 e. The molecule has 1 fully saturated rings. The molecule has 0 spiro atoms. The van der Waals surface area contributed by atoms with Gasteiger partial charge in [-0.3, -0.25) is 9.58 Å². The van der Waals surface area contributed by atoms with E-state index in [2.05, 4.69) is 49.8 Å². The first-order valence-electron chi connectivity index (χ1n) is 7.41. The monoisotopic (exact) mass is 344 g/mol. The maximum atomic E-state index is 5.60. The smallest absolute Gasteiger partial charge is 0.0767 e. The number of hydrogen-bond acceptors (Lipinski definition) is 4. The lowest BCUT2D eigenvalue weighted by molar-refractivity contribution is -0.0115. The highest BCUT2D eigenvalue weighted by Gasteiger charge is 2.25. The third kappa shape index (κ3) is 3.42. The van der Waals surface area contributed by atoms with Gasteiger partial charge in [-0.25, -0.2) is 0 Å². The minimum atomic E-state index is 0.436. The number of morpholine rings is 1. The molecule has 0 aromatic carbocycles. The van der Waals surface area contributed by atoms with E-state index >= 15 is 0 Å². The molecule has 1 aromatic heterocycles. The second-order valence-corrected chi connectivity index (χ2v) is 5.93. The van der Waals surface area contributed by atoms with Gasteiger partial charge in [0.25, 0.3) is 0 Å². The lowest BCUT2D eigenvalue weighted by Gasteiger charge is -2.35. The van der Waals surface area contributed by atoms with Crippen molar-refractivity contribution < 1.29 is 4.74 Å². The molecule has 1 unspecified atom stereocenters. The van der Waals surface area contributed by atoms with Crippen LogP contribution in [0.25, 0.3) is 0 Å². The van der Waals surface area contributed by atoms with Gasteiger partial charge < -0.3 is 10.1 Å². The van der Waals surface area contributed by atoms with Crippen LogP contribution in [0.3, 0.4) is 0 Å². The minimum absolute atomic E-state index is 0.436. The van der Waals surface area contributed by atoms with E-state index in [9.17, 15) is 0 Å². The number of nitrogens with one attached hydrogen (secondary N) is 1. The summed E-state index contributed by atoms with van der Waals surface area (Å²) in [7, 11) is 1.99. The molecular weight excluding hydrogens is 320 g/mol. The number of ether oxygens (including phenoxy) is 1. The van der Waals surface area contributed by atoms with Crippen molar-refractivity contribution in [2.24, 2.45) is 0 Å². The van der Waals surface area contributed by atoms with Gasteiger partial charge in [-0.05, 0) is 36.3 Å². The summed E-state index contributed by atoms with van der Waals surface area (Å²) in [6, 6.07) is 0.436. The zero-order valence-electron chi connectivity index (χ0n) is 12.7. The van der Waals surface area contributed by atoms with Crippen molar-refractivity contribution in [3.8, 4) is 0 Å². The fraction of sp³-hybridized carbons (Fsp3) is 0.786. The molecule has 1 aliphatic heterocycles. The van der Waals surface area contributed by atoms with Crippen LogP contribution < -0.4 is 5.32 Å². The lowest BCUT2D eigenvalue weighted by atomic mass is 10.2. The standard InChI is InChI=1S/C14H25BrN4O/c1-4-12-14(15)13(19(5-2)17-12)9-18-6-7-20-10-11(18)8-16-3/h11,16H,4-10H2,1-3H3. The van der Waals surface area contributed by atoms with E-state index in [-0.39, 0.29) is 0 Å². The Labute approximate surface area is 129 Å². The van der Waals surface area contributed by atoms with Gasteiger partial charge in [-0.15, -0.1) is 0 Å². The van der Waals surface area contributed by atoms with Crippen molar-refractivity contribution in [2.45, 2.75) is 39.4 Å². The Morgan fingerprint density at radius 3 is 2.90 bits per heavy atom. The molecule has 114 valence electrons. The predicted molar refractivity (Wildman–Crippen MR) is 83.9 cm³/mol. The Hall–Kier alpha value is -0.430. The van der Waals surface area contributed by atoms with E-state index in [1.54, 1.807) is 0 Å². The number of rotatable bonds is 6. The predicted octanol–water partition coefficient (Wildman–Crippen LogP) is 1.65. The second-order valence-electron chi connectivity index (χ2n) is 5.13. The first-order valence-corrected chi connectivity index (χ1v) is 8.20. The Morgan fingerprint density at radius 2 is 2.25 bits per heavy atom. The normalized spacial score (nSPS) is 20.5. The summed E-state index contributed by atoms with van der Waals surface area (Å²) in [4.78, 5) is 2.49. The van der Waals surface area contributed by atoms with Crippen molar-refractivity contribution in [1.82, 2.24) is 20.0 Å². The van der Waals surface area contributed by atoms with Crippen LogP contribution in [0.4, 0.5) is 0 Å². The average Bonchev–Trinajstić information content (AvgIpc) is 2.77. The van der Waals surface area contributed by atoms with Gasteiger partial charge in [0.05, 0.1) is 29.1 Å².